The maximum Gasteiger partial charge on any atom is 0.416 e. The van der Waals surface area contributed by atoms with Gasteiger partial charge in [0.15, 0.2) is 0 Å². The van der Waals surface area contributed by atoms with Crippen molar-refractivity contribution >= 4 is 34.7 Å². The van der Waals surface area contributed by atoms with E-state index in [2.05, 4.69) is 0 Å². The first-order chi connectivity index (χ1) is 17.0. The number of Topliss-reactive ketones (excluding diaryl/α,β-unsaturated/α-hetero) is 1. The van der Waals surface area contributed by atoms with E-state index < -0.39 is 35.2 Å². The number of ether oxygens (including phenoxy) is 1. The minimum Gasteiger partial charge on any atom is -0.507 e. The average Bonchev–Trinajstić information content (AvgIpc) is 3.10. The van der Waals surface area contributed by atoms with Crippen LogP contribution in [0.2, 0.25) is 5.02 Å². The smallest absolute Gasteiger partial charge is 0.416 e. The highest BCUT2D eigenvalue weighted by atomic mass is 35.5. The van der Waals surface area contributed by atoms with Gasteiger partial charge in [-0.15, -0.1) is 0 Å². The zero-order valence-electron chi connectivity index (χ0n) is 19.3. The zero-order chi connectivity index (χ0) is 26.2. The van der Waals surface area contributed by atoms with E-state index in [0.717, 1.165) is 17.0 Å². The van der Waals surface area contributed by atoms with Crippen molar-refractivity contribution in [2.75, 3.05) is 11.5 Å². The maximum absolute atomic E-state index is 13.4. The topological polar surface area (TPSA) is 66.8 Å². The summed E-state index contributed by atoms with van der Waals surface area (Å²) in [6.45, 7) is 3.80. The molecule has 1 unspecified atom stereocenters. The molecule has 1 aliphatic rings. The molecule has 0 aliphatic carbocycles. The number of aryl methyl sites for hydroxylation is 1. The minimum atomic E-state index is -4.65. The summed E-state index contributed by atoms with van der Waals surface area (Å²) >= 11 is 6.15. The minimum absolute atomic E-state index is 0.120. The lowest BCUT2D eigenvalue weighted by Gasteiger charge is -2.27. The van der Waals surface area contributed by atoms with Gasteiger partial charge in [-0.1, -0.05) is 41.9 Å². The summed E-state index contributed by atoms with van der Waals surface area (Å²) in [5.41, 5.74) is -0.0113. The Morgan fingerprint density at radius 3 is 2.44 bits per heavy atom. The van der Waals surface area contributed by atoms with Crippen molar-refractivity contribution in [3.05, 3.63) is 99.6 Å². The summed E-state index contributed by atoms with van der Waals surface area (Å²) in [5.74, 6) is -2.30. The highest BCUT2D eigenvalue weighted by Gasteiger charge is 2.47. The molecule has 1 fully saturated rings. The largest absolute Gasteiger partial charge is 0.507 e. The van der Waals surface area contributed by atoms with Gasteiger partial charge >= 0.3 is 6.18 Å². The van der Waals surface area contributed by atoms with Crippen LogP contribution in [-0.2, 0) is 15.8 Å². The third kappa shape index (κ3) is 4.56. The Kier molecular flexibility index (Phi) is 6.82. The van der Waals surface area contributed by atoms with Crippen LogP contribution >= 0.6 is 11.6 Å². The van der Waals surface area contributed by atoms with Crippen LogP contribution in [0.3, 0.4) is 0 Å². The molecule has 1 atom stereocenters. The highest BCUT2D eigenvalue weighted by Crippen LogP contribution is 2.44. The lowest BCUT2D eigenvalue weighted by Crippen LogP contribution is -2.30. The van der Waals surface area contributed by atoms with Crippen molar-refractivity contribution in [2.24, 2.45) is 0 Å². The average molecular weight is 516 g/mol. The van der Waals surface area contributed by atoms with Gasteiger partial charge in [-0.3, -0.25) is 14.5 Å². The summed E-state index contributed by atoms with van der Waals surface area (Å²) in [6, 6.07) is 14.2. The molecule has 0 aromatic heterocycles. The fourth-order valence-electron chi connectivity index (χ4n) is 4.19. The summed E-state index contributed by atoms with van der Waals surface area (Å²) in [4.78, 5) is 27.5. The number of aliphatic hydroxyl groups is 1. The van der Waals surface area contributed by atoms with Crippen LogP contribution < -0.4 is 9.64 Å². The second-order valence-corrected chi connectivity index (χ2v) is 8.56. The van der Waals surface area contributed by atoms with E-state index in [1.165, 1.54) is 30.3 Å². The summed E-state index contributed by atoms with van der Waals surface area (Å²) < 4.78 is 45.8. The van der Waals surface area contributed by atoms with Crippen LogP contribution in [0.4, 0.5) is 18.9 Å². The molecule has 3 aromatic carbocycles. The van der Waals surface area contributed by atoms with E-state index >= 15 is 0 Å². The molecule has 1 heterocycles. The standard InChI is InChI=1S/C27H21ClF3NO4/c1-3-36-21-13-16(11-12-20(21)28)24(33)22-23(19-10-5-4-7-15(19)2)32(26(35)25(22)34)18-9-6-8-17(14-18)27(29,30)31/h4-14,23,33H,3H2,1-2H3/b24-22+. The van der Waals surface area contributed by atoms with Crippen molar-refractivity contribution < 1.29 is 32.6 Å². The maximum atomic E-state index is 13.4. The first kappa shape index (κ1) is 25.3. The second kappa shape index (κ2) is 9.70. The number of amides is 1. The fourth-order valence-corrected chi connectivity index (χ4v) is 4.36. The first-order valence-corrected chi connectivity index (χ1v) is 11.4. The van der Waals surface area contributed by atoms with Crippen molar-refractivity contribution in [3.63, 3.8) is 0 Å². The number of carbonyl (C=O) groups is 2. The number of alkyl halides is 3. The lowest BCUT2D eigenvalue weighted by atomic mass is 9.92. The third-order valence-electron chi connectivity index (χ3n) is 5.88. The molecular formula is C27H21ClF3NO4. The molecule has 5 nitrogen and oxygen atoms in total. The van der Waals surface area contributed by atoms with Gasteiger partial charge in [0.2, 0.25) is 0 Å². The van der Waals surface area contributed by atoms with Crippen LogP contribution in [0.5, 0.6) is 5.75 Å². The molecule has 3 aromatic rings. The monoisotopic (exact) mass is 515 g/mol. The number of carbonyl (C=O) groups excluding carboxylic acids is 2. The van der Waals surface area contributed by atoms with E-state index in [-0.39, 0.29) is 27.6 Å². The molecule has 0 radical (unpaired) electrons. The number of ketones is 1. The molecule has 0 bridgehead atoms. The molecule has 4 rings (SSSR count). The number of hydrogen-bond acceptors (Lipinski definition) is 4. The Morgan fingerprint density at radius 2 is 1.78 bits per heavy atom. The molecule has 1 amide bonds. The summed E-state index contributed by atoms with van der Waals surface area (Å²) in [7, 11) is 0. The molecule has 1 aliphatic heterocycles. The third-order valence-corrected chi connectivity index (χ3v) is 6.20. The van der Waals surface area contributed by atoms with Crippen LogP contribution in [0.25, 0.3) is 5.76 Å². The van der Waals surface area contributed by atoms with Gasteiger partial charge in [0, 0.05) is 11.3 Å². The van der Waals surface area contributed by atoms with Crippen LogP contribution in [0.1, 0.15) is 35.2 Å². The molecule has 9 heteroatoms. The van der Waals surface area contributed by atoms with Crippen molar-refractivity contribution in [1.29, 1.82) is 0 Å². The predicted molar refractivity (Wildman–Crippen MR) is 130 cm³/mol. The number of benzene rings is 3. The number of anilines is 1. The van der Waals surface area contributed by atoms with Crippen LogP contribution in [0.15, 0.2) is 72.3 Å². The van der Waals surface area contributed by atoms with E-state index in [9.17, 15) is 27.9 Å². The van der Waals surface area contributed by atoms with Crippen molar-refractivity contribution in [3.8, 4) is 5.75 Å². The molecule has 186 valence electrons. The van der Waals surface area contributed by atoms with Gasteiger partial charge < -0.3 is 9.84 Å². The van der Waals surface area contributed by atoms with Gasteiger partial charge in [-0.05, 0) is 61.4 Å². The van der Waals surface area contributed by atoms with Crippen molar-refractivity contribution in [2.45, 2.75) is 26.1 Å². The van der Waals surface area contributed by atoms with E-state index in [0.29, 0.717) is 17.7 Å². The predicted octanol–water partition coefficient (Wildman–Crippen LogP) is 6.69. The van der Waals surface area contributed by atoms with Gasteiger partial charge in [0.1, 0.15) is 11.5 Å². The Labute approximate surface area is 210 Å². The number of nitrogens with zero attached hydrogens (tertiary/aromatic N) is 1. The molecule has 0 spiro atoms. The Morgan fingerprint density at radius 1 is 1.06 bits per heavy atom. The molecular weight excluding hydrogens is 495 g/mol. The highest BCUT2D eigenvalue weighted by molar-refractivity contribution is 6.51. The van der Waals surface area contributed by atoms with E-state index in [1.54, 1.807) is 38.1 Å². The summed E-state index contributed by atoms with van der Waals surface area (Å²) in [6.07, 6.45) is -4.65. The SMILES string of the molecule is CCOc1cc(/C(O)=C2\C(=O)C(=O)N(c3cccc(C(F)(F)F)c3)C2c2ccccc2C)ccc1Cl. The number of rotatable bonds is 5. The second-order valence-electron chi connectivity index (χ2n) is 8.15. The number of hydrogen-bond donors (Lipinski definition) is 1. The Balaban J connectivity index is 1.96. The Bertz CT molecular complexity index is 1380. The Hall–Kier alpha value is -3.78. The van der Waals surface area contributed by atoms with Gasteiger partial charge in [-0.25, -0.2) is 0 Å². The van der Waals surface area contributed by atoms with Gasteiger partial charge in [-0.2, -0.15) is 13.2 Å². The van der Waals surface area contributed by atoms with E-state index in [4.69, 9.17) is 16.3 Å². The summed E-state index contributed by atoms with van der Waals surface area (Å²) in [5, 5.41) is 11.5. The molecule has 0 saturated carbocycles. The molecule has 1 N–H and O–H groups in total. The van der Waals surface area contributed by atoms with Crippen LogP contribution in [-0.4, -0.2) is 23.4 Å². The van der Waals surface area contributed by atoms with Crippen molar-refractivity contribution in [1.82, 2.24) is 0 Å². The quantitative estimate of drug-likeness (QED) is 0.233. The fraction of sp³-hybridized carbons (Fsp3) is 0.185. The first-order valence-electron chi connectivity index (χ1n) is 11.0. The number of halogens is 4. The van der Waals surface area contributed by atoms with Gasteiger partial charge in [0.25, 0.3) is 11.7 Å². The van der Waals surface area contributed by atoms with E-state index in [1.807, 2.05) is 0 Å². The number of aliphatic hydroxyl groups excluding tert-OH is 1. The van der Waals surface area contributed by atoms with Gasteiger partial charge in [0.05, 0.1) is 28.8 Å². The molecule has 1 saturated heterocycles. The van der Waals surface area contributed by atoms with Crippen LogP contribution in [0, 0.1) is 6.92 Å². The zero-order valence-corrected chi connectivity index (χ0v) is 20.0. The normalized spacial score (nSPS) is 17.5. The lowest BCUT2D eigenvalue weighted by molar-refractivity contribution is -0.137. The molecule has 36 heavy (non-hydrogen) atoms.